The summed E-state index contributed by atoms with van der Waals surface area (Å²) in [6.07, 6.45) is 3.88. The minimum Gasteiger partial charge on any atom is -0.482 e. The first-order chi connectivity index (χ1) is 18.4. The number of rotatable bonds is 6. The quantitative estimate of drug-likeness (QED) is 0.286. The number of aliphatic hydroxyl groups excluding tert-OH is 1. The standard InChI is InChI=1S/C30H42BNO7/c1-6-28(4)13-24(29(5)17(2)7-9-30(18(3)27(28)35)10-8-23(33)26(29)30)39-25(34)16-37-20-11-19(14-32)21-15-38-31(36)22(21)12-20/h6,11-12,17-18,24,26-27,35-36H,1,7-10,13-16,32H2,2-5H3/t17-,18-,24+,26-,27-,28+,29-,30-/m0/s1. The number of fused-ring (bicyclic) bond motifs is 1. The van der Waals surface area contributed by atoms with Crippen molar-refractivity contribution in [3.8, 4) is 5.75 Å². The Bertz CT molecular complexity index is 1170. The first-order valence-corrected chi connectivity index (χ1v) is 14.2. The zero-order chi connectivity index (χ0) is 28.3. The number of nitrogens with two attached hydrogens (primary N) is 1. The Morgan fingerprint density at radius 3 is 2.74 bits per heavy atom. The average molecular weight is 539 g/mol. The molecule has 0 aromatic heterocycles. The molecule has 1 aromatic carbocycles. The van der Waals surface area contributed by atoms with E-state index in [2.05, 4.69) is 27.4 Å². The van der Waals surface area contributed by atoms with Crippen LogP contribution >= 0.6 is 0 Å². The molecular weight excluding hydrogens is 497 g/mol. The van der Waals surface area contributed by atoms with E-state index in [1.807, 2.05) is 6.92 Å². The molecule has 5 rings (SSSR count). The SMILES string of the molecule is C=C[C@]1(C)C[C@@H](OC(=O)COc2cc(CN)c3c(c2)B(O)OC3)[C@@]2(C)[C@@H]3C(=O)CC[C@@]3(CC[C@@H]2C)[C@@H](C)[C@@H]1O. The number of carbonyl (C=O) groups is 2. The van der Waals surface area contributed by atoms with Crippen LogP contribution < -0.4 is 15.9 Å². The zero-order valence-electron chi connectivity index (χ0n) is 23.6. The van der Waals surface area contributed by atoms with Gasteiger partial charge in [0.25, 0.3) is 0 Å². The predicted octanol–water partition coefficient (Wildman–Crippen LogP) is 2.65. The van der Waals surface area contributed by atoms with Gasteiger partial charge in [-0.2, -0.15) is 0 Å². The van der Waals surface area contributed by atoms with Crippen molar-refractivity contribution in [2.45, 2.75) is 85.2 Å². The van der Waals surface area contributed by atoms with Crippen molar-refractivity contribution in [3.05, 3.63) is 35.9 Å². The van der Waals surface area contributed by atoms with Crippen LogP contribution in [0.4, 0.5) is 0 Å². The third-order valence-corrected chi connectivity index (χ3v) is 11.2. The Morgan fingerprint density at radius 2 is 2.05 bits per heavy atom. The van der Waals surface area contributed by atoms with Crippen molar-refractivity contribution in [2.75, 3.05) is 6.61 Å². The third-order valence-electron chi connectivity index (χ3n) is 11.2. The molecule has 3 fully saturated rings. The molecule has 4 aliphatic rings. The smallest absolute Gasteiger partial charge is 0.482 e. The summed E-state index contributed by atoms with van der Waals surface area (Å²) in [4.78, 5) is 26.9. The molecule has 8 atom stereocenters. The van der Waals surface area contributed by atoms with Crippen molar-refractivity contribution in [3.63, 3.8) is 0 Å². The lowest BCUT2D eigenvalue weighted by molar-refractivity contribution is -0.207. The molecule has 4 N–H and O–H groups in total. The topological polar surface area (TPSA) is 128 Å². The molecule has 3 saturated carbocycles. The molecule has 0 radical (unpaired) electrons. The second kappa shape index (κ2) is 10.0. The van der Waals surface area contributed by atoms with Crippen molar-refractivity contribution in [1.29, 1.82) is 0 Å². The van der Waals surface area contributed by atoms with Gasteiger partial charge in [0.15, 0.2) is 6.61 Å². The Morgan fingerprint density at radius 1 is 1.31 bits per heavy atom. The van der Waals surface area contributed by atoms with E-state index in [4.69, 9.17) is 19.9 Å². The number of benzene rings is 1. The number of hydrogen-bond acceptors (Lipinski definition) is 8. The van der Waals surface area contributed by atoms with E-state index in [9.17, 15) is 19.7 Å². The first-order valence-electron chi connectivity index (χ1n) is 14.2. The molecular formula is C30H42BNO7. The summed E-state index contributed by atoms with van der Waals surface area (Å²) in [6.45, 7) is 12.6. The van der Waals surface area contributed by atoms with Crippen LogP contribution in [-0.2, 0) is 32.1 Å². The van der Waals surface area contributed by atoms with Gasteiger partial charge >= 0.3 is 13.1 Å². The van der Waals surface area contributed by atoms with Crippen LogP contribution in [0.2, 0.25) is 0 Å². The second-order valence-electron chi connectivity index (χ2n) is 12.9. The van der Waals surface area contributed by atoms with Crippen LogP contribution in [0.5, 0.6) is 5.75 Å². The molecule has 0 spiro atoms. The fourth-order valence-corrected chi connectivity index (χ4v) is 8.48. The highest BCUT2D eigenvalue weighted by molar-refractivity contribution is 6.61. The molecule has 0 amide bonds. The summed E-state index contributed by atoms with van der Waals surface area (Å²) in [5, 5.41) is 21.8. The summed E-state index contributed by atoms with van der Waals surface area (Å²) in [5.74, 6) is -0.141. The minimum atomic E-state index is -1.06. The Balaban J connectivity index is 1.44. The van der Waals surface area contributed by atoms with Gasteiger partial charge in [0.05, 0.1) is 12.7 Å². The average Bonchev–Trinajstić information content (AvgIpc) is 3.48. The van der Waals surface area contributed by atoms with Crippen molar-refractivity contribution < 1.29 is 33.8 Å². The Labute approximate surface area is 231 Å². The maximum Gasteiger partial charge on any atom is 0.491 e. The Kier molecular flexibility index (Phi) is 7.28. The van der Waals surface area contributed by atoms with Crippen molar-refractivity contribution >= 4 is 24.3 Å². The number of aliphatic hydroxyl groups is 1. The number of hydrogen-bond donors (Lipinski definition) is 3. The van der Waals surface area contributed by atoms with Gasteiger partial charge in [-0.05, 0) is 71.7 Å². The van der Waals surface area contributed by atoms with Gasteiger partial charge in [-0.15, -0.1) is 6.58 Å². The molecule has 1 heterocycles. The highest BCUT2D eigenvalue weighted by Crippen LogP contribution is 2.68. The Hall–Kier alpha value is -2.20. The van der Waals surface area contributed by atoms with E-state index in [1.54, 1.807) is 18.2 Å². The lowest BCUT2D eigenvalue weighted by Gasteiger charge is -2.61. The maximum atomic E-state index is 13.5. The van der Waals surface area contributed by atoms with Gasteiger partial charge < -0.3 is 30.0 Å². The lowest BCUT2D eigenvalue weighted by Crippen LogP contribution is -2.63. The molecule has 0 unspecified atom stereocenters. The summed E-state index contributed by atoms with van der Waals surface area (Å²) in [7, 11) is -1.06. The van der Waals surface area contributed by atoms with Gasteiger partial charge in [0.1, 0.15) is 17.6 Å². The van der Waals surface area contributed by atoms with E-state index >= 15 is 0 Å². The van der Waals surface area contributed by atoms with Gasteiger partial charge in [0, 0.05) is 29.7 Å². The molecule has 39 heavy (non-hydrogen) atoms. The monoisotopic (exact) mass is 539 g/mol. The van der Waals surface area contributed by atoms with Gasteiger partial charge in [-0.25, -0.2) is 4.79 Å². The molecule has 2 bridgehead atoms. The highest BCUT2D eigenvalue weighted by Gasteiger charge is 2.68. The summed E-state index contributed by atoms with van der Waals surface area (Å²) < 4.78 is 17.4. The van der Waals surface area contributed by atoms with Gasteiger partial charge in [-0.1, -0.05) is 33.8 Å². The van der Waals surface area contributed by atoms with E-state index in [1.165, 1.54) is 0 Å². The van der Waals surface area contributed by atoms with Crippen molar-refractivity contribution in [2.24, 2.45) is 39.7 Å². The van der Waals surface area contributed by atoms with Crippen LogP contribution in [0.25, 0.3) is 0 Å². The zero-order valence-corrected chi connectivity index (χ0v) is 23.6. The number of esters is 1. The predicted molar refractivity (Wildman–Crippen MR) is 147 cm³/mol. The largest absolute Gasteiger partial charge is 0.491 e. The maximum absolute atomic E-state index is 13.5. The molecule has 1 aliphatic heterocycles. The molecule has 212 valence electrons. The third kappa shape index (κ3) is 4.28. The fraction of sp³-hybridized carbons (Fsp3) is 0.667. The number of ketones is 1. The lowest BCUT2D eigenvalue weighted by atomic mass is 9.44. The normalized spacial score (nSPS) is 39.4. The molecule has 1 aromatic rings. The van der Waals surface area contributed by atoms with Crippen LogP contribution in [0, 0.1) is 34.0 Å². The molecule has 0 saturated heterocycles. The van der Waals surface area contributed by atoms with E-state index in [0.717, 1.165) is 30.4 Å². The minimum absolute atomic E-state index is 0.0837. The van der Waals surface area contributed by atoms with Gasteiger partial charge in [0.2, 0.25) is 0 Å². The summed E-state index contributed by atoms with van der Waals surface area (Å²) in [6, 6.07) is 3.42. The van der Waals surface area contributed by atoms with E-state index in [0.29, 0.717) is 24.1 Å². The fourth-order valence-electron chi connectivity index (χ4n) is 8.48. The highest BCUT2D eigenvalue weighted by atomic mass is 16.6. The second-order valence-corrected chi connectivity index (χ2v) is 12.9. The number of Topliss-reactive ketones (excluding diaryl/α,β-unsaturated/α-hetero) is 1. The number of ether oxygens (including phenoxy) is 2. The van der Waals surface area contributed by atoms with Crippen LogP contribution in [-0.4, -0.2) is 47.8 Å². The van der Waals surface area contributed by atoms with Crippen LogP contribution in [0.1, 0.15) is 70.9 Å². The summed E-state index contributed by atoms with van der Waals surface area (Å²) in [5.41, 5.74) is 6.51. The van der Waals surface area contributed by atoms with E-state index in [-0.39, 0.29) is 48.7 Å². The van der Waals surface area contributed by atoms with Gasteiger partial charge in [-0.3, -0.25) is 4.79 Å². The molecule has 8 nitrogen and oxygen atoms in total. The number of carbonyl (C=O) groups excluding carboxylic acids is 2. The van der Waals surface area contributed by atoms with Crippen molar-refractivity contribution in [1.82, 2.24) is 0 Å². The van der Waals surface area contributed by atoms with E-state index < -0.39 is 36.1 Å². The van der Waals surface area contributed by atoms with Crippen LogP contribution in [0.15, 0.2) is 24.8 Å². The molecule has 3 aliphatic carbocycles. The summed E-state index contributed by atoms with van der Waals surface area (Å²) >= 11 is 0. The first kappa shape index (κ1) is 28.3. The molecule has 9 heteroatoms. The van der Waals surface area contributed by atoms with Crippen LogP contribution in [0.3, 0.4) is 0 Å².